The van der Waals surface area contributed by atoms with Gasteiger partial charge in [-0.15, -0.1) is 0 Å². The topological polar surface area (TPSA) is 85.9 Å². The number of amides is 1. The Kier molecular flexibility index (Phi) is 6.11. The number of fused-ring (bicyclic) bond motifs is 1. The Morgan fingerprint density at radius 2 is 2.00 bits per heavy atom. The highest BCUT2D eigenvalue weighted by atomic mass is 35.5. The Balaban J connectivity index is 1.27. The number of piperidine rings is 1. The predicted octanol–water partition coefficient (Wildman–Crippen LogP) is 4.63. The minimum atomic E-state index is -0.317. The Morgan fingerprint density at radius 3 is 2.78 bits per heavy atom. The number of H-pyrrole nitrogens is 1. The lowest BCUT2D eigenvalue weighted by atomic mass is 10.0. The fourth-order valence-electron chi connectivity index (χ4n) is 4.46. The summed E-state index contributed by atoms with van der Waals surface area (Å²) in [5, 5.41) is 8.75. The van der Waals surface area contributed by atoms with Crippen molar-refractivity contribution in [2.45, 2.75) is 44.2 Å². The van der Waals surface area contributed by atoms with E-state index in [-0.39, 0.29) is 18.0 Å². The predicted molar refractivity (Wildman–Crippen MR) is 128 cm³/mol. The number of nitrogens with zero attached hydrogens (tertiary/aromatic N) is 3. The first-order valence-corrected chi connectivity index (χ1v) is 11.9. The highest BCUT2D eigenvalue weighted by Crippen LogP contribution is 2.35. The first-order valence-electron chi connectivity index (χ1n) is 11.1. The molecule has 1 saturated carbocycles. The molecule has 0 radical (unpaired) electrons. The molecule has 168 valence electrons. The zero-order chi connectivity index (χ0) is 22.1. The Bertz CT molecular complexity index is 1090. The summed E-state index contributed by atoms with van der Waals surface area (Å²) < 4.78 is 0. The van der Waals surface area contributed by atoms with Crippen LogP contribution in [0.5, 0.6) is 0 Å². The molecule has 5 rings (SSSR count). The van der Waals surface area contributed by atoms with E-state index in [4.69, 9.17) is 23.2 Å². The van der Waals surface area contributed by atoms with Crippen LogP contribution in [0.2, 0.25) is 10.0 Å². The first kappa shape index (κ1) is 21.3. The second-order valence-electron chi connectivity index (χ2n) is 8.77. The molecule has 3 heterocycles. The van der Waals surface area contributed by atoms with Crippen molar-refractivity contribution < 1.29 is 4.79 Å². The van der Waals surface area contributed by atoms with Crippen molar-refractivity contribution in [2.75, 3.05) is 23.3 Å². The molecule has 2 aliphatic rings. The van der Waals surface area contributed by atoms with E-state index in [2.05, 4.69) is 30.5 Å². The molecule has 3 aromatic rings. The fourth-order valence-corrected chi connectivity index (χ4v) is 4.98. The molecule has 2 atom stereocenters. The first-order chi connectivity index (χ1) is 15.5. The molecule has 32 heavy (non-hydrogen) atoms. The van der Waals surface area contributed by atoms with Crippen LogP contribution in [-0.4, -0.2) is 46.0 Å². The molecular weight excluding hydrogens is 447 g/mol. The Labute approximate surface area is 196 Å². The van der Waals surface area contributed by atoms with Crippen LogP contribution in [0.15, 0.2) is 36.8 Å². The summed E-state index contributed by atoms with van der Waals surface area (Å²) in [5.74, 6) is 1.53. The molecule has 1 saturated heterocycles. The monoisotopic (exact) mass is 472 g/mol. The number of benzene rings is 1. The van der Waals surface area contributed by atoms with E-state index in [1.165, 1.54) is 12.8 Å². The third-order valence-corrected chi connectivity index (χ3v) is 6.62. The van der Waals surface area contributed by atoms with Crippen LogP contribution in [0.25, 0.3) is 11.0 Å². The third-order valence-electron chi connectivity index (χ3n) is 6.19. The van der Waals surface area contributed by atoms with E-state index in [0.29, 0.717) is 16.0 Å². The highest BCUT2D eigenvalue weighted by molar-refractivity contribution is 6.35. The summed E-state index contributed by atoms with van der Waals surface area (Å²) in [6.45, 7) is 1.64. The van der Waals surface area contributed by atoms with Crippen molar-refractivity contribution in [3.63, 3.8) is 0 Å². The molecule has 0 bridgehead atoms. The van der Waals surface area contributed by atoms with Crippen molar-refractivity contribution in [3.8, 4) is 0 Å². The normalized spacial score (nSPS) is 19.7. The quantitative estimate of drug-likeness (QED) is 0.466. The van der Waals surface area contributed by atoms with Crippen LogP contribution >= 0.6 is 23.2 Å². The fraction of sp³-hybridized carbons (Fsp3) is 0.435. The molecule has 2 fully saturated rings. The number of aromatic nitrogens is 3. The van der Waals surface area contributed by atoms with Crippen molar-refractivity contribution in [2.24, 2.45) is 5.92 Å². The second kappa shape index (κ2) is 9.16. The largest absolute Gasteiger partial charge is 0.374 e. The number of carbonyl (C=O) groups is 1. The molecule has 1 aliphatic carbocycles. The molecule has 3 N–H and O–H groups in total. The van der Waals surface area contributed by atoms with Gasteiger partial charge in [-0.05, 0) is 49.4 Å². The van der Waals surface area contributed by atoms with Gasteiger partial charge in [0, 0.05) is 41.1 Å². The van der Waals surface area contributed by atoms with Crippen molar-refractivity contribution in [1.82, 2.24) is 20.3 Å². The maximum atomic E-state index is 13.3. The molecule has 9 heteroatoms. The molecular formula is C23H26Cl2N6O. The molecule has 1 aliphatic heterocycles. The smallest absolute Gasteiger partial charge is 0.242 e. The lowest BCUT2D eigenvalue weighted by molar-refractivity contribution is -0.122. The number of hydrogen-bond acceptors (Lipinski definition) is 5. The van der Waals surface area contributed by atoms with Gasteiger partial charge in [0.2, 0.25) is 5.91 Å². The number of carbonyl (C=O) groups excluding carboxylic acids is 1. The van der Waals surface area contributed by atoms with Gasteiger partial charge < -0.3 is 20.5 Å². The van der Waals surface area contributed by atoms with Gasteiger partial charge in [0.15, 0.2) is 0 Å². The van der Waals surface area contributed by atoms with Crippen LogP contribution in [0.1, 0.15) is 32.1 Å². The number of anilines is 2. The van der Waals surface area contributed by atoms with Crippen molar-refractivity contribution >= 4 is 51.6 Å². The van der Waals surface area contributed by atoms with E-state index in [0.717, 1.165) is 54.9 Å². The van der Waals surface area contributed by atoms with E-state index in [1.807, 2.05) is 12.3 Å². The zero-order valence-corrected chi connectivity index (χ0v) is 19.2. The maximum absolute atomic E-state index is 13.3. The van der Waals surface area contributed by atoms with E-state index < -0.39 is 0 Å². The van der Waals surface area contributed by atoms with Gasteiger partial charge in [-0.2, -0.15) is 0 Å². The Morgan fingerprint density at radius 1 is 1.19 bits per heavy atom. The van der Waals surface area contributed by atoms with Gasteiger partial charge in [-0.25, -0.2) is 9.97 Å². The molecule has 2 aromatic heterocycles. The number of nitrogens with one attached hydrogen (secondary N) is 3. The summed E-state index contributed by atoms with van der Waals surface area (Å²) in [6.07, 6.45) is 8.57. The second-order valence-corrected chi connectivity index (χ2v) is 9.64. The van der Waals surface area contributed by atoms with E-state index in [9.17, 15) is 4.79 Å². The van der Waals surface area contributed by atoms with Gasteiger partial charge in [0.1, 0.15) is 23.8 Å². The summed E-state index contributed by atoms with van der Waals surface area (Å²) in [4.78, 5) is 27.5. The van der Waals surface area contributed by atoms with Crippen LogP contribution in [0.3, 0.4) is 0 Å². The molecule has 1 amide bonds. The molecule has 7 nitrogen and oxygen atoms in total. The number of hydrogen-bond donors (Lipinski definition) is 3. The minimum absolute atomic E-state index is 0.0225. The van der Waals surface area contributed by atoms with Gasteiger partial charge >= 0.3 is 0 Å². The van der Waals surface area contributed by atoms with Gasteiger partial charge in [-0.1, -0.05) is 36.0 Å². The van der Waals surface area contributed by atoms with E-state index in [1.54, 1.807) is 24.5 Å². The average molecular weight is 473 g/mol. The highest BCUT2D eigenvalue weighted by Gasteiger charge is 2.31. The van der Waals surface area contributed by atoms with Gasteiger partial charge in [0.25, 0.3) is 0 Å². The van der Waals surface area contributed by atoms with Crippen LogP contribution in [-0.2, 0) is 4.79 Å². The third kappa shape index (κ3) is 4.94. The van der Waals surface area contributed by atoms with Crippen molar-refractivity contribution in [1.29, 1.82) is 0 Å². The van der Waals surface area contributed by atoms with Crippen LogP contribution in [0, 0.1) is 5.92 Å². The van der Waals surface area contributed by atoms with Crippen molar-refractivity contribution in [3.05, 3.63) is 46.8 Å². The lowest BCUT2D eigenvalue weighted by Crippen LogP contribution is -2.52. The summed E-state index contributed by atoms with van der Waals surface area (Å²) >= 11 is 12.3. The molecule has 0 spiro atoms. The number of rotatable bonds is 7. The van der Waals surface area contributed by atoms with E-state index >= 15 is 0 Å². The molecule has 0 unspecified atom stereocenters. The zero-order valence-electron chi connectivity index (χ0n) is 17.7. The minimum Gasteiger partial charge on any atom is -0.374 e. The molecule has 1 aromatic carbocycles. The van der Waals surface area contributed by atoms with Gasteiger partial charge in [-0.3, -0.25) is 4.79 Å². The summed E-state index contributed by atoms with van der Waals surface area (Å²) in [7, 11) is 0. The summed E-state index contributed by atoms with van der Waals surface area (Å²) in [5.41, 5.74) is 1.60. The SMILES string of the molecule is O=C(N[C@@H]1CCCN(c2ncnc3[nH]ccc23)C1)[C@@H](CC1CC1)Nc1cc(Cl)cc(Cl)c1. The number of aromatic amines is 1. The summed E-state index contributed by atoms with van der Waals surface area (Å²) in [6, 6.07) is 7.04. The maximum Gasteiger partial charge on any atom is 0.242 e. The lowest BCUT2D eigenvalue weighted by Gasteiger charge is -2.35. The Hall–Kier alpha value is -2.51. The van der Waals surface area contributed by atoms with Crippen LogP contribution in [0.4, 0.5) is 11.5 Å². The standard InChI is InChI=1S/C23H26Cl2N6O/c24-15-9-16(25)11-18(10-15)29-20(8-14-3-4-14)23(32)30-17-2-1-7-31(12-17)22-19-5-6-26-21(19)27-13-28-22/h5-6,9-11,13-14,17,20,29H,1-4,7-8,12H2,(H,30,32)(H,26,27,28)/t17-,20-/m1/s1. The van der Waals surface area contributed by atoms with Gasteiger partial charge in [0.05, 0.1) is 5.39 Å². The number of halogens is 2. The van der Waals surface area contributed by atoms with Crippen LogP contribution < -0.4 is 15.5 Å². The average Bonchev–Trinajstić information content (AvgIpc) is 3.45.